The Balaban J connectivity index is 1.46. The number of carbonyl (C=O) groups excluding carboxylic acids is 2. The topological polar surface area (TPSA) is 52.7 Å². The van der Waals surface area contributed by atoms with Crippen LogP contribution in [0.1, 0.15) is 46.0 Å². The Bertz CT molecular complexity index is 428. The maximum absolute atomic E-state index is 12.5. The highest BCUT2D eigenvalue weighted by Gasteiger charge is 2.35. The van der Waals surface area contributed by atoms with Gasteiger partial charge in [0.05, 0.1) is 0 Å². The summed E-state index contributed by atoms with van der Waals surface area (Å²) in [7, 11) is 0. The Morgan fingerprint density at radius 1 is 0.909 bits per heavy atom. The summed E-state index contributed by atoms with van der Waals surface area (Å²) < 4.78 is 0. The van der Waals surface area contributed by atoms with Gasteiger partial charge in [-0.15, -0.1) is 0 Å². The van der Waals surface area contributed by atoms with Crippen LogP contribution in [-0.4, -0.2) is 54.0 Å². The zero-order valence-electron chi connectivity index (χ0n) is 13.9. The fourth-order valence-corrected chi connectivity index (χ4v) is 3.75. The molecule has 1 aliphatic heterocycles. The molecule has 0 radical (unpaired) electrons. The fraction of sp³-hybridized carbons (Fsp3) is 0.882. The van der Waals surface area contributed by atoms with Crippen molar-refractivity contribution in [3.63, 3.8) is 0 Å². The van der Waals surface area contributed by atoms with E-state index in [4.69, 9.17) is 0 Å². The molecule has 0 aromatic rings. The quantitative estimate of drug-likeness (QED) is 0.849. The molecule has 3 aliphatic rings. The van der Waals surface area contributed by atoms with E-state index in [-0.39, 0.29) is 11.9 Å². The first-order valence-electron chi connectivity index (χ1n) is 8.90. The lowest BCUT2D eigenvalue weighted by Crippen LogP contribution is -2.56. The summed E-state index contributed by atoms with van der Waals surface area (Å²) in [5.41, 5.74) is 0. The second-order valence-electron chi connectivity index (χ2n) is 7.41. The molecule has 1 saturated heterocycles. The minimum atomic E-state index is 0.0597. The molecule has 0 bridgehead atoms. The van der Waals surface area contributed by atoms with E-state index in [0.29, 0.717) is 50.0 Å². The Kier molecular flexibility index (Phi) is 4.59. The molecule has 3 amide bonds. The van der Waals surface area contributed by atoms with E-state index in [1.165, 1.54) is 12.8 Å². The predicted octanol–water partition coefficient (Wildman–Crippen LogP) is 2.07. The van der Waals surface area contributed by atoms with Gasteiger partial charge in [0.2, 0.25) is 5.91 Å². The average molecular weight is 307 g/mol. The van der Waals surface area contributed by atoms with E-state index in [1.807, 2.05) is 9.80 Å². The number of urea groups is 1. The fourth-order valence-electron chi connectivity index (χ4n) is 3.75. The maximum atomic E-state index is 12.5. The molecule has 0 aromatic heterocycles. The third kappa shape index (κ3) is 3.39. The van der Waals surface area contributed by atoms with Gasteiger partial charge in [0.25, 0.3) is 0 Å². The second-order valence-corrected chi connectivity index (χ2v) is 7.41. The van der Waals surface area contributed by atoms with Crippen LogP contribution >= 0.6 is 0 Å². The molecule has 0 spiro atoms. The highest BCUT2D eigenvalue weighted by molar-refractivity contribution is 5.81. The molecule has 22 heavy (non-hydrogen) atoms. The van der Waals surface area contributed by atoms with Gasteiger partial charge in [-0.1, -0.05) is 26.7 Å². The molecule has 2 saturated carbocycles. The van der Waals surface area contributed by atoms with E-state index >= 15 is 0 Å². The number of rotatable bonds is 2. The zero-order valence-corrected chi connectivity index (χ0v) is 13.9. The molecule has 2 aliphatic carbocycles. The molecule has 5 nitrogen and oxygen atoms in total. The predicted molar refractivity (Wildman–Crippen MR) is 85.4 cm³/mol. The molecule has 124 valence electrons. The van der Waals surface area contributed by atoms with Gasteiger partial charge in [0.1, 0.15) is 0 Å². The summed E-state index contributed by atoms with van der Waals surface area (Å²) in [5, 5.41) is 3.23. The van der Waals surface area contributed by atoms with Crippen molar-refractivity contribution in [2.45, 2.75) is 52.0 Å². The first-order valence-corrected chi connectivity index (χ1v) is 8.90. The normalized spacial score (nSPS) is 32.7. The van der Waals surface area contributed by atoms with Crippen LogP contribution in [0.15, 0.2) is 0 Å². The van der Waals surface area contributed by atoms with Crippen LogP contribution in [0.5, 0.6) is 0 Å². The number of piperazine rings is 1. The number of nitrogens with one attached hydrogen (secondary N) is 1. The van der Waals surface area contributed by atoms with Gasteiger partial charge in [-0.25, -0.2) is 4.79 Å². The number of hydrogen-bond donors (Lipinski definition) is 1. The third-order valence-electron chi connectivity index (χ3n) is 5.82. The van der Waals surface area contributed by atoms with Gasteiger partial charge in [0.15, 0.2) is 0 Å². The van der Waals surface area contributed by atoms with Crippen LogP contribution < -0.4 is 5.32 Å². The second kappa shape index (κ2) is 6.47. The third-order valence-corrected chi connectivity index (χ3v) is 5.82. The molecule has 0 aromatic carbocycles. The van der Waals surface area contributed by atoms with E-state index in [9.17, 15) is 9.59 Å². The Labute approximate surface area is 133 Å². The van der Waals surface area contributed by atoms with Gasteiger partial charge < -0.3 is 15.1 Å². The summed E-state index contributed by atoms with van der Waals surface area (Å²) >= 11 is 0. The minimum absolute atomic E-state index is 0.0597. The molecular weight excluding hydrogens is 278 g/mol. The standard InChI is InChI=1S/C17H29N3O2/c1-12-4-3-5-15(13(12)2)18-17(22)20-10-8-19(9-11-20)16(21)14-6-7-14/h12-15H,3-11H2,1-2H3,(H,18,22). The lowest BCUT2D eigenvalue weighted by atomic mass is 9.78. The van der Waals surface area contributed by atoms with Crippen molar-refractivity contribution in [3.05, 3.63) is 0 Å². The Morgan fingerprint density at radius 3 is 2.18 bits per heavy atom. The van der Waals surface area contributed by atoms with Crippen LogP contribution in [0.25, 0.3) is 0 Å². The van der Waals surface area contributed by atoms with Crippen LogP contribution in [-0.2, 0) is 4.79 Å². The smallest absolute Gasteiger partial charge is 0.317 e. The molecule has 3 atom stereocenters. The summed E-state index contributed by atoms with van der Waals surface area (Å²) in [6, 6.07) is 0.367. The highest BCUT2D eigenvalue weighted by Crippen LogP contribution is 2.31. The average Bonchev–Trinajstić information content (AvgIpc) is 3.36. The highest BCUT2D eigenvalue weighted by atomic mass is 16.2. The van der Waals surface area contributed by atoms with Crippen molar-refractivity contribution >= 4 is 11.9 Å². The molecule has 3 unspecified atom stereocenters. The largest absolute Gasteiger partial charge is 0.339 e. The van der Waals surface area contributed by atoms with Gasteiger partial charge in [-0.2, -0.15) is 0 Å². The van der Waals surface area contributed by atoms with Crippen molar-refractivity contribution in [1.29, 1.82) is 0 Å². The summed E-state index contributed by atoms with van der Waals surface area (Å²) in [6.07, 6.45) is 5.68. The molecule has 1 N–H and O–H groups in total. The van der Waals surface area contributed by atoms with Crippen LogP contribution in [0.2, 0.25) is 0 Å². The van der Waals surface area contributed by atoms with Gasteiger partial charge >= 0.3 is 6.03 Å². The summed E-state index contributed by atoms with van der Waals surface area (Å²) in [4.78, 5) is 28.3. The van der Waals surface area contributed by atoms with Gasteiger partial charge in [-0.3, -0.25) is 4.79 Å². The van der Waals surface area contributed by atoms with Crippen LogP contribution in [0.4, 0.5) is 4.79 Å². The number of carbonyl (C=O) groups is 2. The maximum Gasteiger partial charge on any atom is 0.317 e. The van der Waals surface area contributed by atoms with E-state index in [0.717, 1.165) is 19.3 Å². The molecule has 1 heterocycles. The molecule has 3 fully saturated rings. The van der Waals surface area contributed by atoms with Crippen LogP contribution in [0, 0.1) is 17.8 Å². The molecular formula is C17H29N3O2. The van der Waals surface area contributed by atoms with E-state index in [1.54, 1.807) is 0 Å². The van der Waals surface area contributed by atoms with Gasteiger partial charge in [-0.05, 0) is 31.1 Å². The monoisotopic (exact) mass is 307 g/mol. The van der Waals surface area contributed by atoms with Crippen molar-refractivity contribution in [2.75, 3.05) is 26.2 Å². The molecule has 5 heteroatoms. The van der Waals surface area contributed by atoms with Crippen molar-refractivity contribution in [2.24, 2.45) is 17.8 Å². The van der Waals surface area contributed by atoms with E-state index < -0.39 is 0 Å². The van der Waals surface area contributed by atoms with E-state index in [2.05, 4.69) is 19.2 Å². The van der Waals surface area contributed by atoms with Crippen molar-refractivity contribution in [3.8, 4) is 0 Å². The SMILES string of the molecule is CC1CCCC(NC(=O)N2CCN(C(=O)C3CC3)CC2)C1C. The molecule has 3 rings (SSSR count). The minimum Gasteiger partial charge on any atom is -0.339 e. The lowest BCUT2D eigenvalue weighted by Gasteiger charge is -2.38. The lowest BCUT2D eigenvalue weighted by molar-refractivity contribution is -0.133. The number of hydrogen-bond acceptors (Lipinski definition) is 2. The Hall–Kier alpha value is -1.26. The number of nitrogens with zero attached hydrogens (tertiary/aromatic N) is 2. The zero-order chi connectivity index (χ0) is 15.7. The first kappa shape index (κ1) is 15.6. The number of amides is 3. The van der Waals surface area contributed by atoms with Crippen LogP contribution in [0.3, 0.4) is 0 Å². The first-order chi connectivity index (χ1) is 10.6. The summed E-state index contributed by atoms with van der Waals surface area (Å²) in [5.74, 6) is 1.82. The van der Waals surface area contributed by atoms with Crippen molar-refractivity contribution in [1.82, 2.24) is 15.1 Å². The van der Waals surface area contributed by atoms with Crippen molar-refractivity contribution < 1.29 is 9.59 Å². The van der Waals surface area contributed by atoms with Gasteiger partial charge in [0, 0.05) is 38.1 Å². The summed E-state index contributed by atoms with van der Waals surface area (Å²) in [6.45, 7) is 7.26. The Morgan fingerprint density at radius 2 is 1.55 bits per heavy atom.